The molecule has 1 aromatic rings. The van der Waals surface area contributed by atoms with Gasteiger partial charge < -0.3 is 35.1 Å². The van der Waals surface area contributed by atoms with Crippen LogP contribution >= 0.6 is 0 Å². The highest BCUT2D eigenvalue weighted by molar-refractivity contribution is 5.68. The summed E-state index contributed by atoms with van der Waals surface area (Å²) in [7, 11) is 0. The van der Waals surface area contributed by atoms with Crippen LogP contribution in [0.3, 0.4) is 0 Å². The Bertz CT molecular complexity index is 681. The highest BCUT2D eigenvalue weighted by atomic mass is 16.5. The maximum atomic E-state index is 9.42. The van der Waals surface area contributed by atoms with Gasteiger partial charge in [-0.1, -0.05) is 13.8 Å². The fourth-order valence-corrected chi connectivity index (χ4v) is 4.59. The van der Waals surface area contributed by atoms with Crippen LogP contribution in [0, 0.1) is 0 Å². The summed E-state index contributed by atoms with van der Waals surface area (Å²) < 4.78 is 16.5. The Morgan fingerprint density at radius 1 is 1.00 bits per heavy atom. The Balaban J connectivity index is 1.99. The Kier molecular flexibility index (Phi) is 11.2. The van der Waals surface area contributed by atoms with Crippen LogP contribution in [0.25, 0.3) is 0 Å². The van der Waals surface area contributed by atoms with Crippen LogP contribution in [-0.4, -0.2) is 75.2 Å². The van der Waals surface area contributed by atoms with Crippen molar-refractivity contribution in [1.29, 1.82) is 0 Å². The van der Waals surface area contributed by atoms with E-state index < -0.39 is 0 Å². The normalized spacial score (nSPS) is 17.7. The van der Waals surface area contributed by atoms with Gasteiger partial charge in [0.2, 0.25) is 0 Å². The van der Waals surface area contributed by atoms with Crippen LogP contribution in [-0.2, 0) is 14.2 Å². The highest BCUT2D eigenvalue weighted by Crippen LogP contribution is 2.47. The molecule has 1 aliphatic rings. The summed E-state index contributed by atoms with van der Waals surface area (Å²) in [6.45, 7) is 13.1. The van der Waals surface area contributed by atoms with Gasteiger partial charge in [-0.25, -0.2) is 0 Å². The number of anilines is 2. The van der Waals surface area contributed by atoms with Gasteiger partial charge in [0.25, 0.3) is 0 Å². The van der Waals surface area contributed by atoms with Gasteiger partial charge in [-0.2, -0.15) is 0 Å². The van der Waals surface area contributed by atoms with Crippen molar-refractivity contribution in [1.82, 2.24) is 0 Å². The zero-order valence-electron chi connectivity index (χ0n) is 20.4. The Morgan fingerprint density at radius 3 is 2.22 bits per heavy atom. The van der Waals surface area contributed by atoms with E-state index in [-0.39, 0.29) is 18.8 Å². The zero-order valence-corrected chi connectivity index (χ0v) is 20.4. The minimum atomic E-state index is -0.00508. The molecule has 0 amide bonds. The van der Waals surface area contributed by atoms with Gasteiger partial charge in [-0.15, -0.1) is 0 Å². The molecule has 0 fully saturated rings. The summed E-state index contributed by atoms with van der Waals surface area (Å²) in [5.74, 6) is 0.738. The fraction of sp³-hybridized carbons (Fsp3) is 0.760. The SMILES string of the molecule is CC(C)c1cc2c(cc1N)C(CCOCCOCCOCCO)CC(C)(C)N2CCCO. The lowest BCUT2D eigenvalue weighted by Crippen LogP contribution is -2.49. The standard InChI is InChI=1S/C25H44N2O5/c1-19(2)21-17-24-22(16-23(21)26)20(18-25(3,4)27(24)7-5-8-28)6-10-30-12-14-32-15-13-31-11-9-29/h16-17,19-20,28-29H,5-15,18,26H2,1-4H3. The van der Waals surface area contributed by atoms with Gasteiger partial charge in [0.15, 0.2) is 0 Å². The first-order valence-corrected chi connectivity index (χ1v) is 12.0. The van der Waals surface area contributed by atoms with Crippen LogP contribution < -0.4 is 10.6 Å². The molecule has 0 spiro atoms. The fourth-order valence-electron chi connectivity index (χ4n) is 4.59. The van der Waals surface area contributed by atoms with Gasteiger partial charge in [0.1, 0.15) is 0 Å². The quantitative estimate of drug-likeness (QED) is 0.277. The smallest absolute Gasteiger partial charge is 0.0701 e. The third-order valence-electron chi connectivity index (χ3n) is 6.19. The van der Waals surface area contributed by atoms with Gasteiger partial charge in [-0.3, -0.25) is 0 Å². The van der Waals surface area contributed by atoms with E-state index in [9.17, 15) is 5.11 Å². The first-order chi connectivity index (χ1) is 15.3. The lowest BCUT2D eigenvalue weighted by atomic mass is 9.76. The summed E-state index contributed by atoms with van der Waals surface area (Å²) >= 11 is 0. The molecular formula is C25H44N2O5. The topological polar surface area (TPSA) is 97.4 Å². The Labute approximate surface area is 193 Å². The first kappa shape index (κ1) is 26.9. The second-order valence-electron chi connectivity index (χ2n) is 9.49. The maximum absolute atomic E-state index is 9.42. The number of hydrogen-bond acceptors (Lipinski definition) is 7. The van der Waals surface area contributed by atoms with E-state index in [0.29, 0.717) is 51.5 Å². The molecule has 32 heavy (non-hydrogen) atoms. The molecule has 1 aromatic carbocycles. The molecule has 0 bridgehead atoms. The molecule has 0 saturated heterocycles. The van der Waals surface area contributed by atoms with E-state index >= 15 is 0 Å². The second-order valence-corrected chi connectivity index (χ2v) is 9.49. The van der Waals surface area contributed by atoms with Crippen molar-refractivity contribution in [2.75, 3.05) is 70.0 Å². The van der Waals surface area contributed by atoms with Crippen molar-refractivity contribution in [3.63, 3.8) is 0 Å². The predicted octanol–water partition coefficient (Wildman–Crippen LogP) is 3.28. The van der Waals surface area contributed by atoms with Crippen LogP contribution in [0.1, 0.15) is 69.9 Å². The maximum Gasteiger partial charge on any atom is 0.0701 e. The number of nitrogens with zero attached hydrogens (tertiary/aromatic N) is 1. The van der Waals surface area contributed by atoms with Gasteiger partial charge in [0.05, 0.1) is 39.6 Å². The lowest BCUT2D eigenvalue weighted by Gasteiger charge is -2.48. The minimum absolute atomic E-state index is 0.00508. The van der Waals surface area contributed by atoms with Crippen LogP contribution in [0.4, 0.5) is 11.4 Å². The van der Waals surface area contributed by atoms with E-state index in [2.05, 4.69) is 44.7 Å². The molecule has 4 N–H and O–H groups in total. The molecule has 0 aromatic heterocycles. The largest absolute Gasteiger partial charge is 0.398 e. The third kappa shape index (κ3) is 7.59. The number of hydrogen-bond donors (Lipinski definition) is 3. The number of rotatable bonds is 15. The molecule has 0 aliphatic carbocycles. The summed E-state index contributed by atoms with van der Waals surface area (Å²) in [5.41, 5.74) is 11.0. The van der Waals surface area contributed by atoms with E-state index in [1.807, 2.05) is 0 Å². The van der Waals surface area contributed by atoms with E-state index in [1.54, 1.807) is 0 Å². The Hall–Kier alpha value is -1.38. The number of aliphatic hydroxyl groups excluding tert-OH is 2. The van der Waals surface area contributed by atoms with Crippen molar-refractivity contribution < 1.29 is 24.4 Å². The Morgan fingerprint density at radius 2 is 1.62 bits per heavy atom. The first-order valence-electron chi connectivity index (χ1n) is 12.0. The molecule has 1 aliphatic heterocycles. The number of ether oxygens (including phenoxy) is 3. The molecule has 1 heterocycles. The van der Waals surface area contributed by atoms with E-state index in [1.165, 1.54) is 16.8 Å². The third-order valence-corrected chi connectivity index (χ3v) is 6.19. The number of nitrogens with two attached hydrogens (primary N) is 1. The monoisotopic (exact) mass is 452 g/mol. The van der Waals surface area contributed by atoms with Crippen molar-refractivity contribution in [3.8, 4) is 0 Å². The van der Waals surface area contributed by atoms with Gasteiger partial charge >= 0.3 is 0 Å². The summed E-state index contributed by atoms with van der Waals surface area (Å²) in [4.78, 5) is 2.45. The molecule has 2 rings (SSSR count). The molecule has 7 heteroatoms. The van der Waals surface area contributed by atoms with Crippen LogP contribution in [0.15, 0.2) is 12.1 Å². The molecule has 0 radical (unpaired) electrons. The molecular weight excluding hydrogens is 408 g/mol. The lowest BCUT2D eigenvalue weighted by molar-refractivity contribution is 0.00649. The van der Waals surface area contributed by atoms with Crippen molar-refractivity contribution in [2.24, 2.45) is 0 Å². The predicted molar refractivity (Wildman–Crippen MR) is 130 cm³/mol. The highest BCUT2D eigenvalue weighted by Gasteiger charge is 2.38. The second kappa shape index (κ2) is 13.4. The number of aliphatic hydroxyl groups is 2. The average Bonchev–Trinajstić information content (AvgIpc) is 2.74. The molecule has 1 unspecified atom stereocenters. The van der Waals surface area contributed by atoms with Crippen LogP contribution in [0.5, 0.6) is 0 Å². The zero-order chi connectivity index (χ0) is 23.6. The van der Waals surface area contributed by atoms with Gasteiger partial charge in [-0.05, 0) is 68.2 Å². The van der Waals surface area contributed by atoms with Crippen molar-refractivity contribution in [2.45, 2.75) is 64.3 Å². The molecule has 1 atom stereocenters. The number of benzene rings is 1. The molecule has 0 saturated carbocycles. The summed E-state index contributed by atoms with van der Waals surface area (Å²) in [6.07, 6.45) is 2.71. The number of fused-ring (bicyclic) bond motifs is 1. The van der Waals surface area contributed by atoms with E-state index in [4.69, 9.17) is 25.1 Å². The van der Waals surface area contributed by atoms with E-state index in [0.717, 1.165) is 31.5 Å². The molecule has 7 nitrogen and oxygen atoms in total. The van der Waals surface area contributed by atoms with Crippen molar-refractivity contribution >= 4 is 11.4 Å². The minimum Gasteiger partial charge on any atom is -0.398 e. The number of nitrogen functional groups attached to an aromatic ring is 1. The van der Waals surface area contributed by atoms with Crippen LogP contribution in [0.2, 0.25) is 0 Å². The summed E-state index contributed by atoms with van der Waals surface area (Å²) in [6, 6.07) is 4.44. The average molecular weight is 453 g/mol. The van der Waals surface area contributed by atoms with Gasteiger partial charge in [0, 0.05) is 36.7 Å². The molecule has 184 valence electrons. The van der Waals surface area contributed by atoms with Crippen molar-refractivity contribution in [3.05, 3.63) is 23.3 Å². The summed E-state index contributed by atoms with van der Waals surface area (Å²) in [5, 5.41) is 18.1.